The Kier molecular flexibility index (Phi) is 2.88. The SMILES string of the molecule is COc1ccc(C)c2c(CC(C)N)c[nH]c12. The highest BCUT2D eigenvalue weighted by atomic mass is 16.5. The molecule has 16 heavy (non-hydrogen) atoms. The van der Waals surface area contributed by atoms with E-state index in [2.05, 4.69) is 18.0 Å². The summed E-state index contributed by atoms with van der Waals surface area (Å²) in [4.78, 5) is 3.27. The fraction of sp³-hybridized carbons (Fsp3) is 0.385. The van der Waals surface area contributed by atoms with E-state index < -0.39 is 0 Å². The molecule has 86 valence electrons. The predicted octanol–water partition coefficient (Wildman–Crippen LogP) is 2.37. The van der Waals surface area contributed by atoms with E-state index >= 15 is 0 Å². The lowest BCUT2D eigenvalue weighted by atomic mass is 10.0. The number of aromatic nitrogens is 1. The minimum Gasteiger partial charge on any atom is -0.495 e. The van der Waals surface area contributed by atoms with Crippen molar-refractivity contribution in [3.05, 3.63) is 29.5 Å². The maximum atomic E-state index is 5.85. The summed E-state index contributed by atoms with van der Waals surface area (Å²) in [6.07, 6.45) is 2.91. The summed E-state index contributed by atoms with van der Waals surface area (Å²) in [6, 6.07) is 4.24. The van der Waals surface area contributed by atoms with E-state index in [4.69, 9.17) is 10.5 Å². The van der Waals surface area contributed by atoms with Crippen LogP contribution in [-0.4, -0.2) is 18.1 Å². The minimum absolute atomic E-state index is 0.171. The first-order valence-corrected chi connectivity index (χ1v) is 5.52. The molecule has 2 rings (SSSR count). The highest BCUT2D eigenvalue weighted by molar-refractivity contribution is 5.91. The number of fused-ring (bicyclic) bond motifs is 1. The van der Waals surface area contributed by atoms with Crippen molar-refractivity contribution in [3.63, 3.8) is 0 Å². The molecular formula is C13H18N2O. The Hall–Kier alpha value is -1.48. The van der Waals surface area contributed by atoms with E-state index in [0.29, 0.717) is 0 Å². The molecule has 0 amide bonds. The molecule has 1 heterocycles. The molecule has 1 aromatic heterocycles. The van der Waals surface area contributed by atoms with Crippen molar-refractivity contribution in [1.82, 2.24) is 4.98 Å². The van der Waals surface area contributed by atoms with E-state index in [9.17, 15) is 0 Å². The van der Waals surface area contributed by atoms with Gasteiger partial charge in [-0.15, -0.1) is 0 Å². The van der Waals surface area contributed by atoms with Crippen molar-refractivity contribution in [2.75, 3.05) is 7.11 Å². The lowest BCUT2D eigenvalue weighted by Gasteiger charge is -2.07. The van der Waals surface area contributed by atoms with Gasteiger partial charge in [0.1, 0.15) is 5.75 Å². The molecule has 0 aliphatic rings. The molecule has 3 nitrogen and oxygen atoms in total. The van der Waals surface area contributed by atoms with Crippen LogP contribution in [0.15, 0.2) is 18.3 Å². The number of benzene rings is 1. The monoisotopic (exact) mass is 218 g/mol. The van der Waals surface area contributed by atoms with Gasteiger partial charge in [-0.05, 0) is 37.5 Å². The molecule has 3 N–H and O–H groups in total. The van der Waals surface area contributed by atoms with Crippen molar-refractivity contribution in [1.29, 1.82) is 0 Å². The predicted molar refractivity (Wildman–Crippen MR) is 66.9 cm³/mol. The summed E-state index contributed by atoms with van der Waals surface area (Å²) >= 11 is 0. The van der Waals surface area contributed by atoms with Gasteiger partial charge in [-0.1, -0.05) is 6.07 Å². The van der Waals surface area contributed by atoms with Crippen LogP contribution in [-0.2, 0) is 6.42 Å². The Morgan fingerprint density at radius 2 is 2.19 bits per heavy atom. The molecule has 0 radical (unpaired) electrons. The van der Waals surface area contributed by atoms with Crippen molar-refractivity contribution < 1.29 is 4.74 Å². The summed E-state index contributed by atoms with van der Waals surface area (Å²) in [5, 5.41) is 1.25. The Morgan fingerprint density at radius 1 is 1.44 bits per heavy atom. The lowest BCUT2D eigenvalue weighted by molar-refractivity contribution is 0.419. The molecule has 0 aliphatic heterocycles. The molecule has 0 aliphatic carbocycles. The second kappa shape index (κ2) is 4.18. The van der Waals surface area contributed by atoms with E-state index in [0.717, 1.165) is 17.7 Å². The summed E-state index contributed by atoms with van der Waals surface area (Å²) in [5.74, 6) is 0.886. The lowest BCUT2D eigenvalue weighted by Crippen LogP contribution is -2.17. The van der Waals surface area contributed by atoms with Crippen LogP contribution in [0.5, 0.6) is 5.75 Å². The number of methoxy groups -OCH3 is 1. The fourth-order valence-corrected chi connectivity index (χ4v) is 2.15. The molecule has 0 spiro atoms. The average Bonchev–Trinajstić information content (AvgIpc) is 2.63. The maximum absolute atomic E-state index is 5.85. The van der Waals surface area contributed by atoms with E-state index in [1.165, 1.54) is 16.5 Å². The molecule has 3 heteroatoms. The van der Waals surface area contributed by atoms with E-state index in [-0.39, 0.29) is 6.04 Å². The highest BCUT2D eigenvalue weighted by Gasteiger charge is 2.11. The first-order valence-electron chi connectivity index (χ1n) is 5.52. The van der Waals surface area contributed by atoms with Gasteiger partial charge in [0, 0.05) is 17.6 Å². The van der Waals surface area contributed by atoms with Crippen molar-refractivity contribution in [2.45, 2.75) is 26.3 Å². The van der Waals surface area contributed by atoms with Gasteiger partial charge in [0.25, 0.3) is 0 Å². The number of aromatic amines is 1. The zero-order valence-electron chi connectivity index (χ0n) is 10.0. The number of nitrogens with two attached hydrogens (primary N) is 1. The molecule has 0 bridgehead atoms. The molecule has 0 saturated heterocycles. The minimum atomic E-state index is 0.171. The zero-order valence-corrected chi connectivity index (χ0v) is 10.0. The molecule has 1 aromatic carbocycles. The van der Waals surface area contributed by atoms with Gasteiger partial charge in [0.2, 0.25) is 0 Å². The smallest absolute Gasteiger partial charge is 0.142 e. The van der Waals surface area contributed by atoms with E-state index in [1.54, 1.807) is 7.11 Å². The average molecular weight is 218 g/mol. The second-order valence-electron chi connectivity index (χ2n) is 4.33. The van der Waals surface area contributed by atoms with Crippen molar-refractivity contribution >= 4 is 10.9 Å². The number of nitrogens with one attached hydrogen (secondary N) is 1. The van der Waals surface area contributed by atoms with Crippen LogP contribution >= 0.6 is 0 Å². The normalized spacial score (nSPS) is 13.0. The van der Waals surface area contributed by atoms with Crippen LogP contribution in [0.25, 0.3) is 10.9 Å². The topological polar surface area (TPSA) is 51.0 Å². The van der Waals surface area contributed by atoms with Crippen molar-refractivity contribution in [2.24, 2.45) is 5.73 Å². The third kappa shape index (κ3) is 1.78. The Bertz CT molecular complexity index is 500. The van der Waals surface area contributed by atoms with Gasteiger partial charge in [-0.25, -0.2) is 0 Å². The number of ether oxygens (including phenoxy) is 1. The summed E-state index contributed by atoms with van der Waals surface area (Å²) in [6.45, 7) is 4.13. The number of rotatable bonds is 3. The third-order valence-corrected chi connectivity index (χ3v) is 2.85. The highest BCUT2D eigenvalue weighted by Crippen LogP contribution is 2.30. The van der Waals surface area contributed by atoms with Gasteiger partial charge >= 0.3 is 0 Å². The van der Waals surface area contributed by atoms with Gasteiger partial charge in [-0.3, -0.25) is 0 Å². The molecule has 2 aromatic rings. The largest absolute Gasteiger partial charge is 0.495 e. The Balaban J connectivity index is 2.61. The van der Waals surface area contributed by atoms with Crippen LogP contribution in [0.3, 0.4) is 0 Å². The second-order valence-corrected chi connectivity index (χ2v) is 4.33. The number of H-pyrrole nitrogens is 1. The zero-order chi connectivity index (χ0) is 11.7. The number of hydrogen-bond acceptors (Lipinski definition) is 2. The quantitative estimate of drug-likeness (QED) is 0.831. The standard InChI is InChI=1S/C13H18N2O/c1-8-4-5-11(16-3)13-12(8)10(7-15-13)6-9(2)14/h4-5,7,9,15H,6,14H2,1-3H3. The summed E-state index contributed by atoms with van der Waals surface area (Å²) < 4.78 is 5.34. The molecule has 1 unspecified atom stereocenters. The van der Waals surface area contributed by atoms with Gasteiger partial charge in [0.05, 0.1) is 12.6 Å². The molecule has 1 atom stereocenters. The van der Waals surface area contributed by atoms with Gasteiger partial charge in [0.15, 0.2) is 0 Å². The number of hydrogen-bond donors (Lipinski definition) is 2. The molecule has 0 fully saturated rings. The van der Waals surface area contributed by atoms with Crippen LogP contribution in [0, 0.1) is 6.92 Å². The van der Waals surface area contributed by atoms with Crippen LogP contribution in [0.4, 0.5) is 0 Å². The maximum Gasteiger partial charge on any atom is 0.142 e. The van der Waals surface area contributed by atoms with Crippen molar-refractivity contribution in [3.8, 4) is 5.75 Å². The molecule has 0 saturated carbocycles. The fourth-order valence-electron chi connectivity index (χ4n) is 2.15. The first-order chi connectivity index (χ1) is 7.63. The molecular weight excluding hydrogens is 200 g/mol. The Morgan fingerprint density at radius 3 is 2.81 bits per heavy atom. The summed E-state index contributed by atoms with van der Waals surface area (Å²) in [7, 11) is 1.69. The van der Waals surface area contributed by atoms with Gasteiger partial charge < -0.3 is 15.5 Å². The summed E-state index contributed by atoms with van der Waals surface area (Å²) in [5.41, 5.74) is 9.44. The van der Waals surface area contributed by atoms with Gasteiger partial charge in [-0.2, -0.15) is 0 Å². The van der Waals surface area contributed by atoms with Crippen LogP contribution in [0.1, 0.15) is 18.1 Å². The Labute approximate surface area is 95.6 Å². The number of aryl methyl sites for hydroxylation is 1. The first kappa shape index (κ1) is 11.0. The van der Waals surface area contributed by atoms with E-state index in [1.807, 2.05) is 19.2 Å². The third-order valence-electron chi connectivity index (χ3n) is 2.85. The van der Waals surface area contributed by atoms with Crippen LogP contribution < -0.4 is 10.5 Å². The van der Waals surface area contributed by atoms with Crippen LogP contribution in [0.2, 0.25) is 0 Å².